The monoisotopic (exact) mass is 288 g/mol. The van der Waals surface area contributed by atoms with Crippen LogP contribution in [0.15, 0.2) is 18.3 Å². The molecule has 1 N–H and O–H groups in total. The Morgan fingerprint density at radius 1 is 1.38 bits per heavy atom. The van der Waals surface area contributed by atoms with E-state index in [1.165, 1.54) is 6.08 Å². The fraction of sp³-hybridized carbons (Fsp3) is 0.438. The second kappa shape index (κ2) is 5.68. The summed E-state index contributed by atoms with van der Waals surface area (Å²) in [5, 5.41) is 2.74. The zero-order valence-electron chi connectivity index (χ0n) is 12.8. The number of carbonyl (C=O) groups excluding carboxylic acids is 2. The number of pyridine rings is 1. The molecule has 112 valence electrons. The van der Waals surface area contributed by atoms with Crippen molar-refractivity contribution >= 4 is 23.3 Å². The summed E-state index contributed by atoms with van der Waals surface area (Å²) in [5.74, 6) is 0.231. The molecule has 1 aliphatic heterocycles. The minimum Gasteiger partial charge on any atom is -0.457 e. The summed E-state index contributed by atoms with van der Waals surface area (Å²) in [4.78, 5) is 27.3. The normalized spacial score (nSPS) is 15.2. The number of amides is 1. The third kappa shape index (κ3) is 4.15. The highest BCUT2D eigenvalue weighted by atomic mass is 16.6. The van der Waals surface area contributed by atoms with Gasteiger partial charge in [-0.2, -0.15) is 0 Å². The number of fused-ring (bicyclic) bond motifs is 1. The van der Waals surface area contributed by atoms with Crippen molar-refractivity contribution in [1.29, 1.82) is 0 Å². The van der Waals surface area contributed by atoms with Crippen LogP contribution in [-0.2, 0) is 20.7 Å². The van der Waals surface area contributed by atoms with Gasteiger partial charge in [0.05, 0.1) is 0 Å². The van der Waals surface area contributed by atoms with Crippen LogP contribution in [0.25, 0.3) is 5.57 Å². The maximum Gasteiger partial charge on any atom is 0.331 e. The lowest BCUT2D eigenvalue weighted by molar-refractivity contribution is -0.148. The van der Waals surface area contributed by atoms with E-state index in [0.29, 0.717) is 18.7 Å². The largest absolute Gasteiger partial charge is 0.457 e. The van der Waals surface area contributed by atoms with Crippen LogP contribution in [0.5, 0.6) is 0 Å². The molecule has 0 unspecified atom stereocenters. The van der Waals surface area contributed by atoms with Crippen molar-refractivity contribution in [3.8, 4) is 0 Å². The van der Waals surface area contributed by atoms with Crippen LogP contribution >= 0.6 is 0 Å². The predicted octanol–water partition coefficient (Wildman–Crippen LogP) is 2.71. The molecule has 0 radical (unpaired) electrons. The Bertz CT molecular complexity index is 612. The Hall–Kier alpha value is -2.17. The molecule has 1 amide bonds. The van der Waals surface area contributed by atoms with Gasteiger partial charge < -0.3 is 10.1 Å². The molecule has 21 heavy (non-hydrogen) atoms. The van der Waals surface area contributed by atoms with Gasteiger partial charge in [0.2, 0.25) is 5.91 Å². The van der Waals surface area contributed by atoms with Gasteiger partial charge in [-0.3, -0.25) is 4.79 Å². The van der Waals surface area contributed by atoms with Gasteiger partial charge >= 0.3 is 5.97 Å². The van der Waals surface area contributed by atoms with Gasteiger partial charge in [0.25, 0.3) is 0 Å². The minimum atomic E-state index is -0.508. The number of nitrogens with zero attached hydrogens (tertiary/aromatic N) is 1. The fourth-order valence-electron chi connectivity index (χ4n) is 2.06. The summed E-state index contributed by atoms with van der Waals surface area (Å²) >= 11 is 0. The van der Waals surface area contributed by atoms with E-state index in [2.05, 4.69) is 10.3 Å². The molecule has 1 aromatic heterocycles. The lowest BCUT2D eigenvalue weighted by Crippen LogP contribution is -2.22. The molecule has 0 fully saturated rings. The molecule has 0 saturated heterocycles. The van der Waals surface area contributed by atoms with Crippen molar-refractivity contribution in [3.63, 3.8) is 0 Å². The first kappa shape index (κ1) is 15.2. The summed E-state index contributed by atoms with van der Waals surface area (Å²) in [7, 11) is 0. The van der Waals surface area contributed by atoms with Crippen LogP contribution in [0.2, 0.25) is 0 Å². The number of carbonyl (C=O) groups is 2. The topological polar surface area (TPSA) is 68.3 Å². The highest BCUT2D eigenvalue weighted by Crippen LogP contribution is 2.24. The van der Waals surface area contributed by atoms with Crippen LogP contribution in [0.4, 0.5) is 5.82 Å². The average Bonchev–Trinajstić information content (AvgIpc) is 2.35. The Kier molecular flexibility index (Phi) is 4.11. The van der Waals surface area contributed by atoms with E-state index in [4.69, 9.17) is 4.74 Å². The number of aromatic nitrogens is 1. The van der Waals surface area contributed by atoms with Gasteiger partial charge in [-0.05, 0) is 56.9 Å². The first-order valence-electron chi connectivity index (χ1n) is 6.95. The SMILES string of the molecule is C/C(=C\C(=O)OC(C)(C)C)c1cnc2c(c1)CCC(=O)N2. The van der Waals surface area contributed by atoms with Crippen molar-refractivity contribution < 1.29 is 14.3 Å². The van der Waals surface area contributed by atoms with Gasteiger partial charge in [-0.1, -0.05) is 0 Å². The van der Waals surface area contributed by atoms with E-state index >= 15 is 0 Å². The van der Waals surface area contributed by atoms with Crippen LogP contribution < -0.4 is 5.32 Å². The number of rotatable bonds is 2. The highest BCUT2D eigenvalue weighted by molar-refractivity contribution is 5.94. The second-order valence-corrected chi connectivity index (χ2v) is 6.14. The minimum absolute atomic E-state index is 0.0104. The predicted molar refractivity (Wildman–Crippen MR) is 80.7 cm³/mol. The van der Waals surface area contributed by atoms with Gasteiger partial charge in [0.1, 0.15) is 11.4 Å². The van der Waals surface area contributed by atoms with Crippen LogP contribution in [-0.4, -0.2) is 22.5 Å². The van der Waals surface area contributed by atoms with Crippen molar-refractivity contribution in [2.24, 2.45) is 0 Å². The van der Waals surface area contributed by atoms with Crippen molar-refractivity contribution in [3.05, 3.63) is 29.5 Å². The molecule has 1 aromatic rings. The first-order valence-corrected chi connectivity index (χ1v) is 6.95. The van der Waals surface area contributed by atoms with E-state index in [0.717, 1.165) is 16.7 Å². The summed E-state index contributed by atoms with van der Waals surface area (Å²) in [5.41, 5.74) is 2.13. The Labute approximate surface area is 124 Å². The average molecular weight is 288 g/mol. The third-order valence-corrected chi connectivity index (χ3v) is 3.04. The Morgan fingerprint density at radius 2 is 2.10 bits per heavy atom. The molecule has 5 nitrogen and oxygen atoms in total. The molecule has 0 atom stereocenters. The standard InChI is InChI=1S/C16H20N2O3/c1-10(7-14(20)21-16(2,3)4)12-8-11-5-6-13(19)18-15(11)17-9-12/h7-9H,5-6H2,1-4H3,(H,17,18,19)/b10-7+. The maximum absolute atomic E-state index is 11.8. The number of aryl methyl sites for hydroxylation is 1. The number of esters is 1. The number of hydrogen-bond acceptors (Lipinski definition) is 4. The van der Waals surface area contributed by atoms with Crippen molar-refractivity contribution in [2.45, 2.75) is 46.1 Å². The zero-order chi connectivity index (χ0) is 15.6. The summed E-state index contributed by atoms with van der Waals surface area (Å²) in [6.45, 7) is 7.33. The molecule has 0 spiro atoms. The van der Waals surface area contributed by atoms with Crippen LogP contribution in [0, 0.1) is 0 Å². The van der Waals surface area contributed by atoms with E-state index in [-0.39, 0.29) is 11.9 Å². The number of allylic oxidation sites excluding steroid dienone is 1. The molecule has 5 heteroatoms. The van der Waals surface area contributed by atoms with Gasteiger partial charge in [0.15, 0.2) is 0 Å². The van der Waals surface area contributed by atoms with Gasteiger partial charge in [0, 0.05) is 18.7 Å². The molecular weight excluding hydrogens is 268 g/mol. The Balaban J connectivity index is 2.18. The summed E-state index contributed by atoms with van der Waals surface area (Å²) < 4.78 is 5.26. The van der Waals surface area contributed by atoms with Gasteiger partial charge in [-0.25, -0.2) is 9.78 Å². The number of nitrogens with one attached hydrogen (secondary N) is 1. The molecule has 2 rings (SSSR count). The van der Waals surface area contributed by atoms with Crippen LogP contribution in [0.1, 0.15) is 45.2 Å². The van der Waals surface area contributed by atoms with Crippen LogP contribution in [0.3, 0.4) is 0 Å². The second-order valence-electron chi connectivity index (χ2n) is 6.14. The molecule has 2 heterocycles. The zero-order valence-corrected chi connectivity index (χ0v) is 12.8. The lowest BCUT2D eigenvalue weighted by Gasteiger charge is -2.19. The number of ether oxygens (including phenoxy) is 1. The number of anilines is 1. The summed E-state index contributed by atoms with van der Waals surface area (Å²) in [6, 6.07) is 1.96. The lowest BCUT2D eigenvalue weighted by atomic mass is 10.0. The highest BCUT2D eigenvalue weighted by Gasteiger charge is 2.17. The third-order valence-electron chi connectivity index (χ3n) is 3.04. The molecule has 0 aromatic carbocycles. The molecule has 1 aliphatic rings. The van der Waals surface area contributed by atoms with E-state index < -0.39 is 5.60 Å². The molecular formula is C16H20N2O3. The van der Waals surface area contributed by atoms with Gasteiger partial charge in [-0.15, -0.1) is 0 Å². The van der Waals surface area contributed by atoms with E-state index in [1.807, 2.05) is 33.8 Å². The van der Waals surface area contributed by atoms with E-state index in [9.17, 15) is 9.59 Å². The first-order chi connectivity index (χ1) is 9.74. The quantitative estimate of drug-likeness (QED) is 0.671. The maximum atomic E-state index is 11.8. The fourth-order valence-corrected chi connectivity index (χ4v) is 2.06. The molecule has 0 bridgehead atoms. The molecule has 0 aliphatic carbocycles. The smallest absolute Gasteiger partial charge is 0.331 e. The molecule has 0 saturated carbocycles. The van der Waals surface area contributed by atoms with Crippen molar-refractivity contribution in [2.75, 3.05) is 5.32 Å². The Morgan fingerprint density at radius 3 is 2.76 bits per heavy atom. The summed E-state index contributed by atoms with van der Waals surface area (Å²) in [6.07, 6.45) is 4.26. The number of hydrogen-bond donors (Lipinski definition) is 1. The van der Waals surface area contributed by atoms with E-state index in [1.54, 1.807) is 6.20 Å². The van der Waals surface area contributed by atoms with Crippen molar-refractivity contribution in [1.82, 2.24) is 4.98 Å².